The number of hydrogen-bond acceptors (Lipinski definition) is 3. The number of benzene rings is 1. The molecule has 1 atom stereocenters. The Morgan fingerprint density at radius 2 is 2.25 bits per heavy atom. The molecule has 1 aliphatic heterocycles. The Balaban J connectivity index is 1.70. The third-order valence-electron chi connectivity index (χ3n) is 3.59. The standard InChI is InChI=1S/C15H22Cl2N2S/c1-19(11-12-3-2-6-18-10-12)7-8-20-15-9-13(16)4-5-14(15)17/h4-5,9,12,18H,2-3,6-8,10-11H2,1H3. The molecule has 1 heterocycles. The number of nitrogens with one attached hydrogen (secondary N) is 1. The predicted molar refractivity (Wildman–Crippen MR) is 90.3 cm³/mol. The molecule has 5 heteroatoms. The van der Waals surface area contributed by atoms with E-state index < -0.39 is 0 Å². The molecule has 1 saturated heterocycles. The van der Waals surface area contributed by atoms with Gasteiger partial charge < -0.3 is 10.2 Å². The van der Waals surface area contributed by atoms with Crippen LogP contribution in [0.2, 0.25) is 10.0 Å². The number of thioether (sulfide) groups is 1. The average Bonchev–Trinajstić information content (AvgIpc) is 2.44. The lowest BCUT2D eigenvalue weighted by atomic mass is 9.99. The van der Waals surface area contributed by atoms with E-state index in [9.17, 15) is 0 Å². The van der Waals surface area contributed by atoms with Gasteiger partial charge in [-0.1, -0.05) is 23.2 Å². The van der Waals surface area contributed by atoms with Crippen LogP contribution in [-0.2, 0) is 0 Å². The minimum absolute atomic E-state index is 0.749. The van der Waals surface area contributed by atoms with Crippen molar-refractivity contribution in [3.8, 4) is 0 Å². The van der Waals surface area contributed by atoms with E-state index in [-0.39, 0.29) is 0 Å². The van der Waals surface area contributed by atoms with Crippen LogP contribution in [0.25, 0.3) is 0 Å². The topological polar surface area (TPSA) is 15.3 Å². The smallest absolute Gasteiger partial charge is 0.0542 e. The van der Waals surface area contributed by atoms with Crippen molar-refractivity contribution in [1.82, 2.24) is 10.2 Å². The fraction of sp³-hybridized carbons (Fsp3) is 0.600. The van der Waals surface area contributed by atoms with Crippen LogP contribution in [0.3, 0.4) is 0 Å². The zero-order chi connectivity index (χ0) is 14.4. The molecule has 2 rings (SSSR count). The van der Waals surface area contributed by atoms with Crippen molar-refractivity contribution >= 4 is 35.0 Å². The Morgan fingerprint density at radius 1 is 1.40 bits per heavy atom. The lowest BCUT2D eigenvalue weighted by Crippen LogP contribution is -2.37. The van der Waals surface area contributed by atoms with Crippen molar-refractivity contribution in [1.29, 1.82) is 0 Å². The van der Waals surface area contributed by atoms with E-state index in [0.29, 0.717) is 0 Å². The van der Waals surface area contributed by atoms with Crippen LogP contribution in [-0.4, -0.2) is 43.9 Å². The molecular formula is C15H22Cl2N2S. The summed E-state index contributed by atoms with van der Waals surface area (Å²) in [6.07, 6.45) is 2.66. The van der Waals surface area contributed by atoms with E-state index >= 15 is 0 Å². The zero-order valence-corrected chi connectivity index (χ0v) is 14.2. The number of piperidine rings is 1. The highest BCUT2D eigenvalue weighted by Crippen LogP contribution is 2.29. The highest BCUT2D eigenvalue weighted by atomic mass is 35.5. The Kier molecular flexibility index (Phi) is 6.99. The van der Waals surface area contributed by atoms with Crippen LogP contribution in [0.15, 0.2) is 23.1 Å². The largest absolute Gasteiger partial charge is 0.316 e. The van der Waals surface area contributed by atoms with Gasteiger partial charge in [0.25, 0.3) is 0 Å². The monoisotopic (exact) mass is 332 g/mol. The van der Waals surface area contributed by atoms with Crippen molar-refractivity contribution in [3.63, 3.8) is 0 Å². The predicted octanol–water partition coefficient (Wildman–Crippen LogP) is 4.02. The molecule has 20 heavy (non-hydrogen) atoms. The van der Waals surface area contributed by atoms with E-state index in [0.717, 1.165) is 39.7 Å². The summed E-state index contributed by atoms with van der Waals surface area (Å²) in [6.45, 7) is 4.60. The fourth-order valence-corrected chi connectivity index (χ4v) is 4.07. The minimum Gasteiger partial charge on any atom is -0.316 e. The molecule has 1 aliphatic rings. The van der Waals surface area contributed by atoms with Crippen molar-refractivity contribution < 1.29 is 0 Å². The molecule has 0 spiro atoms. The second-order valence-electron chi connectivity index (χ2n) is 5.40. The quantitative estimate of drug-likeness (QED) is 0.792. The number of rotatable bonds is 6. The first-order chi connectivity index (χ1) is 9.65. The van der Waals surface area contributed by atoms with Crippen molar-refractivity contribution in [2.24, 2.45) is 5.92 Å². The van der Waals surface area contributed by atoms with Gasteiger partial charge in [-0.05, 0) is 57.1 Å². The van der Waals surface area contributed by atoms with Gasteiger partial charge in [0.1, 0.15) is 0 Å². The van der Waals surface area contributed by atoms with Gasteiger partial charge in [0.05, 0.1) is 5.02 Å². The van der Waals surface area contributed by atoms with Crippen molar-refractivity contribution in [3.05, 3.63) is 28.2 Å². The Labute approximate surface area is 136 Å². The lowest BCUT2D eigenvalue weighted by Gasteiger charge is -2.27. The molecule has 0 bridgehead atoms. The Morgan fingerprint density at radius 3 is 3.00 bits per heavy atom. The number of halogens is 2. The van der Waals surface area contributed by atoms with Gasteiger partial charge in [-0.3, -0.25) is 0 Å². The molecule has 0 aliphatic carbocycles. The molecule has 1 fully saturated rings. The summed E-state index contributed by atoms with van der Waals surface area (Å²) in [6, 6.07) is 5.64. The first kappa shape index (κ1) is 16.4. The van der Waals surface area contributed by atoms with Gasteiger partial charge in [0, 0.05) is 28.8 Å². The summed E-state index contributed by atoms with van der Waals surface area (Å²) in [7, 11) is 2.20. The molecule has 1 N–H and O–H groups in total. The molecule has 1 aromatic carbocycles. The van der Waals surface area contributed by atoms with Crippen LogP contribution < -0.4 is 5.32 Å². The summed E-state index contributed by atoms with van der Waals surface area (Å²) >= 11 is 13.9. The molecule has 0 saturated carbocycles. The molecule has 0 amide bonds. The molecule has 0 aromatic heterocycles. The number of nitrogens with zero attached hydrogens (tertiary/aromatic N) is 1. The van der Waals surface area contributed by atoms with E-state index in [4.69, 9.17) is 23.2 Å². The molecule has 0 radical (unpaired) electrons. The van der Waals surface area contributed by atoms with Gasteiger partial charge in [-0.25, -0.2) is 0 Å². The second kappa shape index (κ2) is 8.50. The summed E-state index contributed by atoms with van der Waals surface area (Å²) in [4.78, 5) is 3.50. The van der Waals surface area contributed by atoms with Gasteiger partial charge in [0.15, 0.2) is 0 Å². The van der Waals surface area contributed by atoms with Gasteiger partial charge in [-0.15, -0.1) is 11.8 Å². The Hall–Kier alpha value is 0.0700. The molecule has 2 nitrogen and oxygen atoms in total. The summed E-state index contributed by atoms with van der Waals surface area (Å²) in [5.74, 6) is 1.84. The van der Waals surface area contributed by atoms with Crippen LogP contribution in [0, 0.1) is 5.92 Å². The minimum atomic E-state index is 0.749. The SMILES string of the molecule is CN(CCSc1cc(Cl)ccc1Cl)CC1CCCNC1. The lowest BCUT2D eigenvalue weighted by molar-refractivity contribution is 0.253. The van der Waals surface area contributed by atoms with Gasteiger partial charge in [-0.2, -0.15) is 0 Å². The van der Waals surface area contributed by atoms with Crippen LogP contribution in [0.1, 0.15) is 12.8 Å². The first-order valence-corrected chi connectivity index (χ1v) is 8.86. The van der Waals surface area contributed by atoms with Gasteiger partial charge >= 0.3 is 0 Å². The zero-order valence-electron chi connectivity index (χ0n) is 11.9. The first-order valence-electron chi connectivity index (χ1n) is 7.12. The van der Waals surface area contributed by atoms with Crippen molar-refractivity contribution in [2.45, 2.75) is 17.7 Å². The average molecular weight is 333 g/mol. The highest BCUT2D eigenvalue weighted by Gasteiger charge is 2.14. The molecule has 112 valence electrons. The maximum atomic E-state index is 6.17. The van der Waals surface area contributed by atoms with Gasteiger partial charge in [0.2, 0.25) is 0 Å². The van der Waals surface area contributed by atoms with E-state index in [1.807, 2.05) is 18.2 Å². The highest BCUT2D eigenvalue weighted by molar-refractivity contribution is 7.99. The van der Waals surface area contributed by atoms with Crippen molar-refractivity contribution in [2.75, 3.05) is 39.0 Å². The fourth-order valence-electron chi connectivity index (χ4n) is 2.51. The molecular weight excluding hydrogens is 311 g/mol. The third kappa shape index (κ3) is 5.45. The number of hydrogen-bond donors (Lipinski definition) is 1. The van der Waals surface area contributed by atoms with Crippen LogP contribution in [0.4, 0.5) is 0 Å². The van der Waals surface area contributed by atoms with E-state index in [1.54, 1.807) is 11.8 Å². The normalized spacial score (nSPS) is 19.5. The maximum Gasteiger partial charge on any atom is 0.0542 e. The van der Waals surface area contributed by atoms with Crippen LogP contribution in [0.5, 0.6) is 0 Å². The van der Waals surface area contributed by atoms with Crippen LogP contribution >= 0.6 is 35.0 Å². The second-order valence-corrected chi connectivity index (χ2v) is 7.38. The van der Waals surface area contributed by atoms with E-state index in [1.165, 1.54) is 25.9 Å². The molecule has 1 unspecified atom stereocenters. The van der Waals surface area contributed by atoms with E-state index in [2.05, 4.69) is 17.3 Å². The third-order valence-corrected chi connectivity index (χ3v) is 5.30. The summed E-state index contributed by atoms with van der Waals surface area (Å²) < 4.78 is 0. The summed E-state index contributed by atoms with van der Waals surface area (Å²) in [5, 5.41) is 5.01. The molecule has 1 aromatic rings. The Bertz CT molecular complexity index is 422. The summed E-state index contributed by atoms with van der Waals surface area (Å²) in [5.41, 5.74) is 0. The maximum absolute atomic E-state index is 6.17.